The van der Waals surface area contributed by atoms with Crippen LogP contribution in [0.2, 0.25) is 0 Å². The highest BCUT2D eigenvalue weighted by Gasteiger charge is 2.25. The Morgan fingerprint density at radius 2 is 1.74 bits per heavy atom. The number of halogens is 2. The van der Waals surface area contributed by atoms with E-state index < -0.39 is 5.60 Å². The first-order valence-electron chi connectivity index (χ1n) is 10.5. The highest BCUT2D eigenvalue weighted by molar-refractivity contribution is 14.0. The molecule has 0 saturated heterocycles. The normalized spacial score (nSPS) is 20.1. The van der Waals surface area contributed by atoms with Gasteiger partial charge in [-0.3, -0.25) is 4.99 Å². The summed E-state index contributed by atoms with van der Waals surface area (Å²) in [5.74, 6) is 0.552. The number of carbonyl (C=O) groups is 1. The molecule has 0 heterocycles. The zero-order chi connectivity index (χ0) is 22.1. The molecule has 1 saturated carbocycles. The molecular weight excluding hydrogens is 514 g/mol. The zero-order valence-electron chi connectivity index (χ0n) is 19.0. The van der Waals surface area contributed by atoms with Crippen LogP contribution < -0.4 is 20.7 Å². The third-order valence-corrected chi connectivity index (χ3v) is 4.73. The third-order valence-electron chi connectivity index (χ3n) is 4.73. The van der Waals surface area contributed by atoms with E-state index in [0.29, 0.717) is 12.5 Å². The Morgan fingerprint density at radius 1 is 1.16 bits per heavy atom. The quantitative estimate of drug-likeness (QED) is 0.281. The summed E-state index contributed by atoms with van der Waals surface area (Å²) in [6.45, 7) is 7.93. The molecule has 0 bridgehead atoms. The molecule has 1 aromatic carbocycles. The molecule has 2 rings (SSSR count). The van der Waals surface area contributed by atoms with E-state index in [-0.39, 0.29) is 59.8 Å². The zero-order valence-corrected chi connectivity index (χ0v) is 21.4. The van der Waals surface area contributed by atoms with E-state index in [4.69, 9.17) is 9.47 Å². The SMILES string of the molecule is CN=C(NCC(C)Oc1ccccc1F)NC1CCC(NC(=O)OC(C)(C)C)CC1.I. The summed E-state index contributed by atoms with van der Waals surface area (Å²) in [7, 11) is 1.72. The fourth-order valence-electron chi connectivity index (χ4n) is 3.28. The maximum atomic E-state index is 13.7. The van der Waals surface area contributed by atoms with Gasteiger partial charge in [-0.05, 0) is 65.5 Å². The predicted octanol–water partition coefficient (Wildman–Crippen LogP) is 4.21. The summed E-state index contributed by atoms with van der Waals surface area (Å²) in [5.41, 5.74) is -0.492. The fraction of sp³-hybridized carbons (Fsp3) is 0.636. The van der Waals surface area contributed by atoms with Crippen LogP contribution in [0.5, 0.6) is 5.75 Å². The minimum atomic E-state index is -0.492. The first kappa shape index (κ1) is 27.3. The molecule has 7 nitrogen and oxygen atoms in total. The molecule has 9 heteroatoms. The summed E-state index contributed by atoms with van der Waals surface area (Å²) in [6.07, 6.45) is 3.00. The topological polar surface area (TPSA) is 84.0 Å². The van der Waals surface area contributed by atoms with Gasteiger partial charge >= 0.3 is 6.09 Å². The molecule has 0 aromatic heterocycles. The second-order valence-electron chi connectivity index (χ2n) is 8.65. The van der Waals surface area contributed by atoms with E-state index in [1.54, 1.807) is 25.2 Å². The van der Waals surface area contributed by atoms with Crippen molar-refractivity contribution in [3.63, 3.8) is 0 Å². The third kappa shape index (κ3) is 10.4. The number of aliphatic imine (C=N–C) groups is 1. The van der Waals surface area contributed by atoms with E-state index in [9.17, 15) is 9.18 Å². The summed E-state index contributed by atoms with van der Waals surface area (Å²) in [4.78, 5) is 16.2. The molecule has 0 spiro atoms. The van der Waals surface area contributed by atoms with Crippen molar-refractivity contribution in [1.82, 2.24) is 16.0 Å². The predicted molar refractivity (Wildman–Crippen MR) is 132 cm³/mol. The molecule has 1 fully saturated rings. The van der Waals surface area contributed by atoms with Crippen LogP contribution in [0.15, 0.2) is 29.3 Å². The number of carbonyl (C=O) groups excluding carboxylic acids is 1. The van der Waals surface area contributed by atoms with Crippen LogP contribution in [0, 0.1) is 5.82 Å². The molecular formula is C22H36FIN4O3. The Hall–Kier alpha value is -1.78. The van der Waals surface area contributed by atoms with Crippen molar-refractivity contribution in [1.29, 1.82) is 0 Å². The van der Waals surface area contributed by atoms with Crippen molar-refractivity contribution in [2.24, 2.45) is 4.99 Å². The summed E-state index contributed by atoms with van der Waals surface area (Å²) < 4.78 is 24.7. The van der Waals surface area contributed by atoms with Crippen molar-refractivity contribution in [3.8, 4) is 5.75 Å². The summed E-state index contributed by atoms with van der Waals surface area (Å²) >= 11 is 0. The molecule has 0 aliphatic heterocycles. The Balaban J connectivity index is 0.00000480. The van der Waals surface area contributed by atoms with Crippen molar-refractivity contribution in [3.05, 3.63) is 30.1 Å². The maximum Gasteiger partial charge on any atom is 0.407 e. The van der Waals surface area contributed by atoms with Gasteiger partial charge in [0.2, 0.25) is 0 Å². The van der Waals surface area contributed by atoms with Crippen LogP contribution >= 0.6 is 24.0 Å². The first-order valence-corrected chi connectivity index (χ1v) is 10.5. The minimum Gasteiger partial charge on any atom is -0.486 e. The van der Waals surface area contributed by atoms with Gasteiger partial charge in [0.25, 0.3) is 0 Å². The van der Waals surface area contributed by atoms with Gasteiger partial charge in [-0.1, -0.05) is 12.1 Å². The lowest BCUT2D eigenvalue weighted by molar-refractivity contribution is 0.0490. The Kier molecular flexibility index (Phi) is 11.4. The number of nitrogens with zero attached hydrogens (tertiary/aromatic N) is 1. The number of ether oxygens (including phenoxy) is 2. The van der Waals surface area contributed by atoms with E-state index in [2.05, 4.69) is 20.9 Å². The molecule has 1 aliphatic rings. The maximum absolute atomic E-state index is 13.7. The smallest absolute Gasteiger partial charge is 0.407 e. The summed E-state index contributed by atoms with van der Waals surface area (Å²) in [6, 6.07) is 6.77. The average Bonchev–Trinajstić information content (AvgIpc) is 2.66. The lowest BCUT2D eigenvalue weighted by Gasteiger charge is -2.31. The molecule has 1 unspecified atom stereocenters. The van der Waals surface area contributed by atoms with Gasteiger partial charge in [-0.2, -0.15) is 0 Å². The van der Waals surface area contributed by atoms with Crippen molar-refractivity contribution < 1.29 is 18.7 Å². The fourth-order valence-corrected chi connectivity index (χ4v) is 3.28. The van der Waals surface area contributed by atoms with Crippen LogP contribution in [0.25, 0.3) is 0 Å². The van der Waals surface area contributed by atoms with Gasteiger partial charge in [-0.15, -0.1) is 24.0 Å². The molecule has 1 amide bonds. The molecule has 176 valence electrons. The van der Waals surface area contributed by atoms with Crippen molar-refractivity contribution >= 4 is 36.0 Å². The van der Waals surface area contributed by atoms with Gasteiger partial charge < -0.3 is 25.4 Å². The van der Waals surface area contributed by atoms with Crippen molar-refractivity contribution in [2.75, 3.05) is 13.6 Å². The van der Waals surface area contributed by atoms with Gasteiger partial charge in [0.15, 0.2) is 17.5 Å². The van der Waals surface area contributed by atoms with Gasteiger partial charge in [0, 0.05) is 19.1 Å². The monoisotopic (exact) mass is 550 g/mol. The second kappa shape index (κ2) is 12.9. The molecule has 3 N–H and O–H groups in total. The van der Waals surface area contributed by atoms with E-state index >= 15 is 0 Å². The lowest BCUT2D eigenvalue weighted by Crippen LogP contribution is -2.49. The lowest BCUT2D eigenvalue weighted by atomic mass is 9.91. The van der Waals surface area contributed by atoms with Gasteiger partial charge in [0.05, 0.1) is 6.54 Å². The van der Waals surface area contributed by atoms with Gasteiger partial charge in [0.1, 0.15) is 11.7 Å². The highest BCUT2D eigenvalue weighted by atomic mass is 127. The molecule has 0 radical (unpaired) electrons. The number of benzene rings is 1. The Labute approximate surface area is 202 Å². The van der Waals surface area contributed by atoms with E-state index in [0.717, 1.165) is 25.7 Å². The van der Waals surface area contributed by atoms with Crippen LogP contribution in [0.3, 0.4) is 0 Å². The largest absolute Gasteiger partial charge is 0.486 e. The number of para-hydroxylation sites is 1. The number of hydrogen-bond acceptors (Lipinski definition) is 4. The number of rotatable bonds is 6. The second-order valence-corrected chi connectivity index (χ2v) is 8.65. The summed E-state index contributed by atoms with van der Waals surface area (Å²) in [5, 5.41) is 9.59. The molecule has 1 aliphatic carbocycles. The molecule has 1 atom stereocenters. The van der Waals surface area contributed by atoms with Crippen LogP contribution in [-0.2, 0) is 4.74 Å². The Morgan fingerprint density at radius 3 is 2.29 bits per heavy atom. The minimum absolute atomic E-state index is 0. The highest BCUT2D eigenvalue weighted by Crippen LogP contribution is 2.20. The number of guanidine groups is 1. The van der Waals surface area contributed by atoms with Gasteiger partial charge in [-0.25, -0.2) is 9.18 Å². The average molecular weight is 550 g/mol. The number of nitrogens with one attached hydrogen (secondary N) is 3. The van der Waals surface area contributed by atoms with Crippen LogP contribution in [-0.4, -0.2) is 49.4 Å². The Bertz CT molecular complexity index is 719. The number of hydrogen-bond donors (Lipinski definition) is 3. The van der Waals surface area contributed by atoms with E-state index in [1.165, 1.54) is 6.07 Å². The molecule has 31 heavy (non-hydrogen) atoms. The molecule has 1 aromatic rings. The van der Waals surface area contributed by atoms with Crippen molar-refractivity contribution in [2.45, 2.75) is 77.2 Å². The number of alkyl carbamates (subject to hydrolysis) is 1. The first-order chi connectivity index (χ1) is 14.2. The van der Waals surface area contributed by atoms with Crippen LogP contribution in [0.4, 0.5) is 9.18 Å². The van der Waals surface area contributed by atoms with Crippen LogP contribution in [0.1, 0.15) is 53.4 Å². The standard InChI is InChI=1S/C22H35FN4O3.HI/c1-15(29-19-9-7-6-8-18(19)23)14-25-20(24-5)26-16-10-12-17(13-11-16)27-21(28)30-22(2,3)4;/h6-9,15-17H,10-14H2,1-5H3,(H,27,28)(H2,24,25,26);1H. The number of amides is 1. The van der Waals surface area contributed by atoms with E-state index in [1.807, 2.05) is 27.7 Å².